The minimum atomic E-state index is -0.0301. The predicted molar refractivity (Wildman–Crippen MR) is 75.7 cm³/mol. The van der Waals surface area contributed by atoms with Crippen molar-refractivity contribution >= 4 is 18.3 Å². The Balaban J connectivity index is 0.00000180. The molecule has 1 aliphatic rings. The molecule has 108 valence electrons. The van der Waals surface area contributed by atoms with Gasteiger partial charge in [-0.25, -0.2) is 0 Å². The molecule has 1 saturated heterocycles. The molecule has 0 aromatic carbocycles. The van der Waals surface area contributed by atoms with Crippen molar-refractivity contribution in [1.29, 1.82) is 0 Å². The highest BCUT2D eigenvalue weighted by Gasteiger charge is 2.25. The number of rotatable bonds is 4. The molecular weight excluding hydrogens is 266 g/mol. The van der Waals surface area contributed by atoms with Crippen LogP contribution in [0.5, 0.6) is 0 Å². The molecule has 1 fully saturated rings. The number of carbonyl (C=O) groups is 1. The van der Waals surface area contributed by atoms with E-state index in [0.29, 0.717) is 11.7 Å². The molecule has 2 rings (SSSR count). The molecule has 1 aliphatic heterocycles. The molecule has 6 heteroatoms. The fourth-order valence-electron chi connectivity index (χ4n) is 2.31. The standard InChI is InChI=1S/C13H21N3O2.ClH/c1-3-14-9-11-4-6-16(7-5-11)13(17)12-8-10(2)15-18-12;/h8,11,14H,3-7,9H2,1-2H3;1H. The van der Waals surface area contributed by atoms with E-state index in [0.717, 1.165) is 44.7 Å². The largest absolute Gasteiger partial charge is 0.351 e. The van der Waals surface area contributed by atoms with Crippen LogP contribution in [0.25, 0.3) is 0 Å². The van der Waals surface area contributed by atoms with Crippen LogP contribution in [-0.2, 0) is 0 Å². The molecular formula is C13H22ClN3O2. The van der Waals surface area contributed by atoms with Crippen LogP contribution in [0, 0.1) is 12.8 Å². The Bertz CT molecular complexity index is 400. The summed E-state index contributed by atoms with van der Waals surface area (Å²) >= 11 is 0. The van der Waals surface area contributed by atoms with Crippen molar-refractivity contribution in [3.05, 3.63) is 17.5 Å². The fourth-order valence-corrected chi connectivity index (χ4v) is 2.31. The molecule has 0 bridgehead atoms. The highest BCUT2D eigenvalue weighted by molar-refractivity contribution is 5.91. The van der Waals surface area contributed by atoms with Gasteiger partial charge in [-0.15, -0.1) is 12.4 Å². The van der Waals surface area contributed by atoms with Crippen molar-refractivity contribution in [2.75, 3.05) is 26.2 Å². The lowest BCUT2D eigenvalue weighted by atomic mass is 9.96. The van der Waals surface area contributed by atoms with Gasteiger partial charge in [0.15, 0.2) is 0 Å². The second-order valence-electron chi connectivity index (χ2n) is 4.88. The van der Waals surface area contributed by atoms with Gasteiger partial charge in [-0.2, -0.15) is 0 Å². The lowest BCUT2D eigenvalue weighted by Gasteiger charge is -2.31. The molecule has 19 heavy (non-hydrogen) atoms. The zero-order valence-electron chi connectivity index (χ0n) is 11.5. The SMILES string of the molecule is CCNCC1CCN(C(=O)c2cc(C)no2)CC1.Cl. The van der Waals surface area contributed by atoms with Crippen molar-refractivity contribution in [1.82, 2.24) is 15.4 Å². The Morgan fingerprint density at radius 1 is 1.53 bits per heavy atom. The summed E-state index contributed by atoms with van der Waals surface area (Å²) in [5.41, 5.74) is 0.750. The van der Waals surface area contributed by atoms with Crippen molar-refractivity contribution in [2.45, 2.75) is 26.7 Å². The van der Waals surface area contributed by atoms with E-state index in [9.17, 15) is 4.79 Å². The minimum absolute atomic E-state index is 0. The number of carbonyl (C=O) groups excluding carboxylic acids is 1. The monoisotopic (exact) mass is 287 g/mol. The molecule has 0 saturated carbocycles. The highest BCUT2D eigenvalue weighted by atomic mass is 35.5. The molecule has 1 aromatic rings. The number of halogens is 1. The van der Waals surface area contributed by atoms with E-state index in [1.807, 2.05) is 11.8 Å². The van der Waals surface area contributed by atoms with Crippen LogP contribution in [0.1, 0.15) is 36.0 Å². The Morgan fingerprint density at radius 3 is 2.74 bits per heavy atom. The van der Waals surface area contributed by atoms with Crippen molar-refractivity contribution in [3.8, 4) is 0 Å². The Hall–Kier alpha value is -1.07. The summed E-state index contributed by atoms with van der Waals surface area (Å²) in [6.07, 6.45) is 2.12. The first-order valence-electron chi connectivity index (χ1n) is 6.64. The third-order valence-electron chi connectivity index (χ3n) is 3.42. The van der Waals surface area contributed by atoms with E-state index in [1.165, 1.54) is 0 Å². The van der Waals surface area contributed by atoms with Gasteiger partial charge >= 0.3 is 0 Å². The van der Waals surface area contributed by atoms with Gasteiger partial charge in [0.1, 0.15) is 0 Å². The molecule has 0 spiro atoms. The summed E-state index contributed by atoms with van der Waals surface area (Å²) in [6.45, 7) is 7.63. The number of aromatic nitrogens is 1. The minimum Gasteiger partial charge on any atom is -0.351 e. The summed E-state index contributed by atoms with van der Waals surface area (Å²) in [5, 5.41) is 7.12. The van der Waals surface area contributed by atoms with Crippen LogP contribution in [0.15, 0.2) is 10.6 Å². The Labute approximate surface area is 120 Å². The second kappa shape index (κ2) is 7.50. The Kier molecular flexibility index (Phi) is 6.31. The van der Waals surface area contributed by atoms with Crippen LogP contribution in [0.4, 0.5) is 0 Å². The average Bonchev–Trinajstić information content (AvgIpc) is 2.83. The molecule has 0 unspecified atom stereocenters. The van der Waals surface area contributed by atoms with E-state index in [4.69, 9.17) is 4.52 Å². The molecule has 1 aromatic heterocycles. The van der Waals surface area contributed by atoms with E-state index in [-0.39, 0.29) is 18.3 Å². The van der Waals surface area contributed by atoms with Crippen LogP contribution in [-0.4, -0.2) is 42.1 Å². The molecule has 5 nitrogen and oxygen atoms in total. The zero-order chi connectivity index (χ0) is 13.0. The van der Waals surface area contributed by atoms with Gasteiger partial charge in [0.2, 0.25) is 5.76 Å². The summed E-state index contributed by atoms with van der Waals surface area (Å²) in [4.78, 5) is 14.0. The molecule has 0 radical (unpaired) electrons. The summed E-state index contributed by atoms with van der Waals surface area (Å²) in [5.74, 6) is 1.01. The number of aryl methyl sites for hydroxylation is 1. The van der Waals surface area contributed by atoms with Crippen LogP contribution < -0.4 is 5.32 Å². The topological polar surface area (TPSA) is 58.4 Å². The number of likely N-dealkylation sites (tertiary alicyclic amines) is 1. The van der Waals surface area contributed by atoms with E-state index in [1.54, 1.807) is 6.07 Å². The number of nitrogens with zero attached hydrogens (tertiary/aromatic N) is 2. The highest BCUT2D eigenvalue weighted by Crippen LogP contribution is 2.18. The van der Waals surface area contributed by atoms with E-state index < -0.39 is 0 Å². The van der Waals surface area contributed by atoms with Gasteiger partial charge in [-0.1, -0.05) is 12.1 Å². The van der Waals surface area contributed by atoms with E-state index >= 15 is 0 Å². The maximum atomic E-state index is 12.1. The average molecular weight is 288 g/mol. The Morgan fingerprint density at radius 2 is 2.21 bits per heavy atom. The molecule has 1 amide bonds. The third-order valence-corrected chi connectivity index (χ3v) is 3.42. The first-order valence-corrected chi connectivity index (χ1v) is 6.64. The lowest BCUT2D eigenvalue weighted by molar-refractivity contribution is 0.0648. The van der Waals surface area contributed by atoms with Crippen LogP contribution in [0.3, 0.4) is 0 Å². The van der Waals surface area contributed by atoms with Gasteiger partial charge in [-0.05, 0) is 38.8 Å². The van der Waals surface area contributed by atoms with Gasteiger partial charge in [0.25, 0.3) is 5.91 Å². The van der Waals surface area contributed by atoms with E-state index in [2.05, 4.69) is 17.4 Å². The summed E-state index contributed by atoms with van der Waals surface area (Å²) in [7, 11) is 0. The zero-order valence-corrected chi connectivity index (χ0v) is 12.3. The quantitative estimate of drug-likeness (QED) is 0.918. The number of amides is 1. The molecule has 1 N–H and O–H groups in total. The van der Waals surface area contributed by atoms with Crippen LogP contribution >= 0.6 is 12.4 Å². The maximum absolute atomic E-state index is 12.1. The predicted octanol–water partition coefficient (Wildman–Crippen LogP) is 1.87. The smallest absolute Gasteiger partial charge is 0.292 e. The molecule has 2 heterocycles. The number of hydrogen-bond donors (Lipinski definition) is 1. The van der Waals surface area contributed by atoms with Crippen molar-refractivity contribution in [3.63, 3.8) is 0 Å². The van der Waals surface area contributed by atoms with Gasteiger partial charge < -0.3 is 14.7 Å². The maximum Gasteiger partial charge on any atom is 0.292 e. The van der Waals surface area contributed by atoms with Gasteiger partial charge in [0.05, 0.1) is 5.69 Å². The summed E-state index contributed by atoms with van der Waals surface area (Å²) in [6, 6.07) is 1.70. The van der Waals surface area contributed by atoms with Crippen molar-refractivity contribution < 1.29 is 9.32 Å². The van der Waals surface area contributed by atoms with Crippen LogP contribution in [0.2, 0.25) is 0 Å². The lowest BCUT2D eigenvalue weighted by Crippen LogP contribution is -2.40. The first kappa shape index (κ1) is 16.0. The molecule has 0 atom stereocenters. The number of nitrogens with one attached hydrogen (secondary N) is 1. The fraction of sp³-hybridized carbons (Fsp3) is 0.692. The normalized spacial score (nSPS) is 16.2. The first-order chi connectivity index (χ1) is 8.70. The summed E-state index contributed by atoms with van der Waals surface area (Å²) < 4.78 is 5.02. The number of piperidine rings is 1. The van der Waals surface area contributed by atoms with Crippen molar-refractivity contribution in [2.24, 2.45) is 5.92 Å². The second-order valence-corrected chi connectivity index (χ2v) is 4.88. The van der Waals surface area contributed by atoms with Gasteiger partial charge in [-0.3, -0.25) is 4.79 Å². The number of hydrogen-bond acceptors (Lipinski definition) is 4. The molecule has 0 aliphatic carbocycles. The van der Waals surface area contributed by atoms with Gasteiger partial charge in [0, 0.05) is 19.2 Å². The third kappa shape index (κ3) is 4.21.